The first-order valence-corrected chi connectivity index (χ1v) is 10.3. The van der Waals surface area contributed by atoms with Crippen LogP contribution in [0.3, 0.4) is 0 Å². The highest BCUT2D eigenvalue weighted by Gasteiger charge is 2.52. The molecular formula is C6H14O10P2S2. The van der Waals surface area contributed by atoms with Gasteiger partial charge in [0.25, 0.3) is 0 Å². The number of hydrogen-bond donors (Lipinski definition) is 8. The van der Waals surface area contributed by atoms with Crippen molar-refractivity contribution in [3.63, 3.8) is 0 Å². The summed E-state index contributed by atoms with van der Waals surface area (Å²) >= 11 is 8.34. The third kappa shape index (κ3) is 4.97. The Bertz CT molecular complexity index is 397. The van der Waals surface area contributed by atoms with Crippen LogP contribution < -0.4 is 0 Å². The molecule has 1 aliphatic rings. The lowest BCUT2D eigenvalue weighted by Gasteiger charge is -2.43. The van der Waals surface area contributed by atoms with Crippen LogP contribution in [0.15, 0.2) is 0 Å². The molecule has 0 aromatic carbocycles. The monoisotopic (exact) mass is 372 g/mol. The number of aliphatic hydroxyl groups is 4. The van der Waals surface area contributed by atoms with Crippen LogP contribution in [0.2, 0.25) is 0 Å². The van der Waals surface area contributed by atoms with Gasteiger partial charge in [0.2, 0.25) is 0 Å². The zero-order valence-electron chi connectivity index (χ0n) is 9.57. The Morgan fingerprint density at radius 2 is 0.900 bits per heavy atom. The molecule has 10 nitrogen and oxygen atoms in total. The zero-order chi connectivity index (χ0) is 15.9. The van der Waals surface area contributed by atoms with E-state index in [9.17, 15) is 20.4 Å². The average Bonchev–Trinajstić information content (AvgIpc) is 2.25. The second kappa shape index (κ2) is 6.57. The first-order valence-electron chi connectivity index (χ1n) is 5.03. The maximum Gasteiger partial charge on any atom is 0.322 e. The van der Waals surface area contributed by atoms with Gasteiger partial charge in [0.15, 0.2) is 0 Å². The molecule has 1 saturated carbocycles. The fraction of sp³-hybridized carbons (Fsp3) is 1.00. The lowest BCUT2D eigenvalue weighted by atomic mass is 9.85. The van der Waals surface area contributed by atoms with E-state index in [1.165, 1.54) is 0 Å². The highest BCUT2D eigenvalue weighted by molar-refractivity contribution is 8.07. The first kappa shape index (κ1) is 18.9. The fourth-order valence-electron chi connectivity index (χ4n) is 1.75. The zero-order valence-corrected chi connectivity index (χ0v) is 13.0. The van der Waals surface area contributed by atoms with Gasteiger partial charge in [-0.2, -0.15) is 0 Å². The lowest BCUT2D eigenvalue weighted by Crippen LogP contribution is -2.64. The molecular weight excluding hydrogens is 358 g/mol. The van der Waals surface area contributed by atoms with Crippen LogP contribution in [-0.4, -0.2) is 76.6 Å². The molecule has 0 aromatic heterocycles. The van der Waals surface area contributed by atoms with Crippen LogP contribution in [0.1, 0.15) is 0 Å². The van der Waals surface area contributed by atoms with Gasteiger partial charge in [0.05, 0.1) is 0 Å². The highest BCUT2D eigenvalue weighted by atomic mass is 32.5. The van der Waals surface area contributed by atoms with Gasteiger partial charge in [-0.15, -0.1) is 0 Å². The van der Waals surface area contributed by atoms with E-state index in [4.69, 9.17) is 19.6 Å². The molecule has 0 amide bonds. The highest BCUT2D eigenvalue weighted by Crippen LogP contribution is 2.45. The van der Waals surface area contributed by atoms with Crippen molar-refractivity contribution in [2.45, 2.75) is 36.6 Å². The van der Waals surface area contributed by atoms with Crippen LogP contribution in [-0.2, 0) is 32.7 Å². The minimum Gasteiger partial charge on any atom is -0.387 e. The molecule has 0 saturated heterocycles. The minimum atomic E-state index is -4.31. The standard InChI is InChI=1S/C6H14O10P2S2/c7-1-2(8)5(15-17(11,12)19)4(10)6(3(1)9)16-18(13,14)20/h1-10H,(H2,11,12,19)(H2,13,14,20)/t1?,2-,3-,4?,5-,6+/m0/s1. The molecule has 120 valence electrons. The normalized spacial score (nSPS) is 39.8. The molecule has 2 unspecified atom stereocenters. The maximum absolute atomic E-state index is 9.83. The van der Waals surface area contributed by atoms with Gasteiger partial charge in [0.1, 0.15) is 36.6 Å². The van der Waals surface area contributed by atoms with Gasteiger partial charge >= 0.3 is 13.4 Å². The van der Waals surface area contributed by atoms with E-state index in [0.29, 0.717) is 0 Å². The molecule has 6 atom stereocenters. The molecule has 0 aliphatic heterocycles. The third-order valence-corrected chi connectivity index (χ3v) is 4.12. The molecule has 1 rings (SSSR count). The molecule has 0 aromatic rings. The average molecular weight is 372 g/mol. The maximum atomic E-state index is 9.83. The van der Waals surface area contributed by atoms with Gasteiger partial charge in [-0.3, -0.25) is 9.05 Å². The summed E-state index contributed by atoms with van der Waals surface area (Å²) in [5.41, 5.74) is 0. The molecule has 0 bridgehead atoms. The minimum absolute atomic E-state index is 1.83. The Hall–Kier alpha value is 0.900. The van der Waals surface area contributed by atoms with E-state index in [1.54, 1.807) is 0 Å². The third-order valence-electron chi connectivity index (χ3n) is 2.56. The van der Waals surface area contributed by atoms with Crippen molar-refractivity contribution in [3.8, 4) is 0 Å². The lowest BCUT2D eigenvalue weighted by molar-refractivity contribution is -0.213. The Balaban J connectivity index is 3.02. The first-order chi connectivity index (χ1) is 8.83. The summed E-state index contributed by atoms with van der Waals surface area (Å²) in [6, 6.07) is 0. The van der Waals surface area contributed by atoms with E-state index < -0.39 is 50.1 Å². The van der Waals surface area contributed by atoms with Crippen molar-refractivity contribution < 1.29 is 49.0 Å². The summed E-state index contributed by atoms with van der Waals surface area (Å²) in [4.78, 5) is 36.1. The fourth-order valence-corrected chi connectivity index (χ4v) is 3.48. The summed E-state index contributed by atoms with van der Waals surface area (Å²) < 4.78 is 8.94. The predicted octanol–water partition coefficient (Wildman–Crippen LogP) is -3.37. The van der Waals surface area contributed by atoms with Crippen LogP contribution >= 0.6 is 13.4 Å². The van der Waals surface area contributed by atoms with Crippen LogP contribution in [0.5, 0.6) is 0 Å². The Labute approximate surface area is 123 Å². The molecule has 14 heteroatoms. The Morgan fingerprint density at radius 3 is 1.15 bits per heavy atom. The summed E-state index contributed by atoms with van der Waals surface area (Å²) in [5.74, 6) is 0. The van der Waals surface area contributed by atoms with Gasteiger partial charge in [-0.05, 0) is 23.6 Å². The largest absolute Gasteiger partial charge is 0.387 e. The molecule has 1 fully saturated rings. The Morgan fingerprint density at radius 1 is 0.600 bits per heavy atom. The number of hydrogen-bond acceptors (Lipinski definition) is 8. The van der Waals surface area contributed by atoms with Crippen molar-refractivity contribution in [2.75, 3.05) is 0 Å². The van der Waals surface area contributed by atoms with E-state index in [2.05, 4.69) is 32.7 Å². The molecule has 1 aliphatic carbocycles. The smallest absolute Gasteiger partial charge is 0.322 e. The number of aliphatic hydroxyl groups excluding tert-OH is 4. The number of rotatable bonds is 4. The summed E-state index contributed by atoms with van der Waals surface area (Å²) in [6.07, 6.45) is -11.4. The summed E-state index contributed by atoms with van der Waals surface area (Å²) in [7, 11) is 0. The molecule has 0 radical (unpaired) electrons. The van der Waals surface area contributed by atoms with Crippen LogP contribution in [0.25, 0.3) is 0 Å². The van der Waals surface area contributed by atoms with Gasteiger partial charge < -0.3 is 40.0 Å². The van der Waals surface area contributed by atoms with Crippen molar-refractivity contribution >= 4 is 37.1 Å². The van der Waals surface area contributed by atoms with Crippen molar-refractivity contribution in [1.29, 1.82) is 0 Å². The second-order valence-corrected chi connectivity index (χ2v) is 9.32. The molecule has 0 spiro atoms. The molecule has 8 N–H and O–H groups in total. The van der Waals surface area contributed by atoms with E-state index in [0.717, 1.165) is 0 Å². The van der Waals surface area contributed by atoms with Crippen LogP contribution in [0, 0.1) is 0 Å². The quantitative estimate of drug-likeness (QED) is 0.230. The van der Waals surface area contributed by atoms with E-state index >= 15 is 0 Å². The molecule has 0 heterocycles. The van der Waals surface area contributed by atoms with Crippen molar-refractivity contribution in [3.05, 3.63) is 0 Å². The molecule has 20 heavy (non-hydrogen) atoms. The SMILES string of the molecule is OC1[C@H](O)[C@H](OP(O)(O)=S)C(O)[C@H](OP(O)(O)=S)[C@H]1O. The van der Waals surface area contributed by atoms with Crippen LogP contribution in [0.4, 0.5) is 0 Å². The topological polar surface area (TPSA) is 180 Å². The van der Waals surface area contributed by atoms with E-state index in [1.807, 2.05) is 0 Å². The summed E-state index contributed by atoms with van der Waals surface area (Å²) in [6.45, 7) is -8.62. The van der Waals surface area contributed by atoms with E-state index in [-0.39, 0.29) is 0 Å². The van der Waals surface area contributed by atoms with Crippen molar-refractivity contribution in [1.82, 2.24) is 0 Å². The van der Waals surface area contributed by atoms with Gasteiger partial charge in [-0.25, -0.2) is 0 Å². The van der Waals surface area contributed by atoms with Crippen molar-refractivity contribution in [2.24, 2.45) is 0 Å². The Kier molecular flexibility index (Phi) is 6.22. The summed E-state index contributed by atoms with van der Waals surface area (Å²) in [5, 5.41) is 38.6. The predicted molar refractivity (Wildman–Crippen MR) is 71.2 cm³/mol. The van der Waals surface area contributed by atoms with Gasteiger partial charge in [-0.1, -0.05) is 0 Å². The van der Waals surface area contributed by atoms with Gasteiger partial charge in [0, 0.05) is 0 Å². The second-order valence-electron chi connectivity index (χ2n) is 4.08.